The molecule has 0 aliphatic carbocycles. The van der Waals surface area contributed by atoms with Gasteiger partial charge >= 0.3 is 0 Å². The lowest BCUT2D eigenvalue weighted by Gasteiger charge is -2.36. The molecule has 0 aliphatic heterocycles. The molecule has 0 bridgehead atoms. The van der Waals surface area contributed by atoms with Crippen molar-refractivity contribution in [2.45, 2.75) is 85.0 Å². The highest BCUT2D eigenvalue weighted by molar-refractivity contribution is 6.74. The second kappa shape index (κ2) is 9.79. The summed E-state index contributed by atoms with van der Waals surface area (Å²) in [5, 5.41) is 10.8. The van der Waals surface area contributed by atoms with Gasteiger partial charge < -0.3 is 14.3 Å². The molecule has 0 saturated heterocycles. The topological polar surface area (TPSA) is 38.7 Å². The van der Waals surface area contributed by atoms with Gasteiger partial charge in [-0.25, -0.2) is 0 Å². The summed E-state index contributed by atoms with van der Waals surface area (Å²) in [5.41, 5.74) is 2.24. The predicted molar refractivity (Wildman–Crippen MR) is 118 cm³/mol. The van der Waals surface area contributed by atoms with E-state index in [1.807, 2.05) is 18.2 Å². The number of allylic oxidation sites excluding steroid dienone is 2. The fraction of sp³-hybridized carbons (Fsp3) is 0.652. The molecule has 4 heteroatoms. The Bertz CT molecular complexity index is 625. The molecule has 1 aromatic carbocycles. The van der Waals surface area contributed by atoms with Gasteiger partial charge in [-0.15, -0.1) is 0 Å². The van der Waals surface area contributed by atoms with E-state index in [1.165, 1.54) is 5.57 Å². The van der Waals surface area contributed by atoms with E-state index >= 15 is 0 Å². The number of rotatable bonds is 9. The van der Waals surface area contributed by atoms with Crippen LogP contribution in [-0.4, -0.2) is 20.5 Å². The number of benzene rings is 1. The summed E-state index contributed by atoms with van der Waals surface area (Å²) < 4.78 is 12.0. The molecule has 0 fully saturated rings. The van der Waals surface area contributed by atoms with Crippen molar-refractivity contribution in [1.29, 1.82) is 0 Å². The van der Waals surface area contributed by atoms with E-state index in [1.54, 1.807) is 7.11 Å². The zero-order chi connectivity index (χ0) is 20.8. The average Bonchev–Trinajstić information content (AvgIpc) is 2.53. The highest BCUT2D eigenvalue weighted by Crippen LogP contribution is 2.41. The van der Waals surface area contributed by atoms with Crippen LogP contribution in [0, 0.1) is 5.92 Å². The van der Waals surface area contributed by atoms with Crippen LogP contribution in [0.3, 0.4) is 0 Å². The highest BCUT2D eigenvalue weighted by Gasteiger charge is 2.39. The van der Waals surface area contributed by atoms with Crippen molar-refractivity contribution < 1.29 is 14.3 Å². The number of aliphatic hydroxyl groups is 1. The maximum atomic E-state index is 10.7. The molecule has 1 rings (SSSR count). The van der Waals surface area contributed by atoms with Crippen LogP contribution in [0.5, 0.6) is 11.5 Å². The number of methoxy groups -OCH3 is 1. The van der Waals surface area contributed by atoms with Gasteiger partial charge in [0.2, 0.25) is 0 Å². The quantitative estimate of drug-likeness (QED) is 0.367. The van der Waals surface area contributed by atoms with Gasteiger partial charge in [-0.05, 0) is 74.9 Å². The van der Waals surface area contributed by atoms with Crippen LogP contribution in [-0.2, 0) is 0 Å². The lowest BCUT2D eigenvalue weighted by molar-refractivity contribution is 0.145. The van der Waals surface area contributed by atoms with E-state index in [4.69, 9.17) is 9.16 Å². The summed E-state index contributed by atoms with van der Waals surface area (Å²) in [7, 11) is -0.278. The van der Waals surface area contributed by atoms with E-state index in [9.17, 15) is 5.11 Å². The zero-order valence-corrected chi connectivity index (χ0v) is 19.8. The van der Waals surface area contributed by atoms with E-state index < -0.39 is 14.4 Å². The van der Waals surface area contributed by atoms with Gasteiger partial charge in [0.1, 0.15) is 5.75 Å². The smallest absolute Gasteiger partial charge is 0.250 e. The van der Waals surface area contributed by atoms with Gasteiger partial charge in [0.15, 0.2) is 5.75 Å². The van der Waals surface area contributed by atoms with Crippen LogP contribution >= 0.6 is 0 Å². The molecule has 0 spiro atoms. The maximum Gasteiger partial charge on any atom is 0.250 e. The van der Waals surface area contributed by atoms with Crippen LogP contribution in [0.15, 0.2) is 29.8 Å². The van der Waals surface area contributed by atoms with Crippen molar-refractivity contribution >= 4 is 8.32 Å². The molecule has 1 aromatic rings. The molecule has 0 saturated carbocycles. The number of aliphatic hydroxyl groups excluding tert-OH is 1. The van der Waals surface area contributed by atoms with Crippen molar-refractivity contribution in [2.24, 2.45) is 5.92 Å². The Morgan fingerprint density at radius 1 is 1.19 bits per heavy atom. The summed E-state index contributed by atoms with van der Waals surface area (Å²) in [6, 6.07) is 5.85. The minimum absolute atomic E-state index is 0.122. The normalized spacial score (nSPS) is 14.4. The monoisotopic (exact) mass is 392 g/mol. The molecule has 0 aromatic heterocycles. The summed E-state index contributed by atoms with van der Waals surface area (Å²) >= 11 is 0. The van der Waals surface area contributed by atoms with Crippen molar-refractivity contribution in [1.82, 2.24) is 0 Å². The molecular weight excluding hydrogens is 352 g/mol. The molecule has 1 N–H and O–H groups in total. The molecule has 0 aliphatic rings. The molecular formula is C23H40O3Si. The fourth-order valence-electron chi connectivity index (χ4n) is 2.70. The van der Waals surface area contributed by atoms with Crippen molar-refractivity contribution in [3.8, 4) is 11.5 Å². The first kappa shape index (κ1) is 23.8. The lowest BCUT2D eigenvalue weighted by Crippen LogP contribution is -2.43. The van der Waals surface area contributed by atoms with Gasteiger partial charge in [0, 0.05) is 0 Å². The zero-order valence-electron chi connectivity index (χ0n) is 18.8. The number of hydrogen-bond donors (Lipinski definition) is 1. The third-order valence-corrected chi connectivity index (χ3v) is 9.92. The van der Waals surface area contributed by atoms with Gasteiger partial charge in [-0.3, -0.25) is 0 Å². The fourth-order valence-corrected chi connectivity index (χ4v) is 3.72. The third-order valence-electron chi connectivity index (χ3n) is 5.58. The number of hydrogen-bond acceptors (Lipinski definition) is 3. The van der Waals surface area contributed by atoms with Gasteiger partial charge in [0.05, 0.1) is 13.2 Å². The molecule has 0 heterocycles. The summed E-state index contributed by atoms with van der Waals surface area (Å²) in [4.78, 5) is 0. The van der Waals surface area contributed by atoms with Crippen LogP contribution in [0.2, 0.25) is 18.1 Å². The minimum atomic E-state index is -1.94. The average molecular weight is 393 g/mol. The summed E-state index contributed by atoms with van der Waals surface area (Å²) in [5.74, 6) is 1.94. The SMILES string of the molecule is COc1cc(C(O)CC(C)CCC=C(C)C)ccc1O[Si](C)(C)C(C)(C)C. The second-order valence-electron chi connectivity index (χ2n) is 9.49. The molecule has 0 radical (unpaired) electrons. The molecule has 3 nitrogen and oxygen atoms in total. The molecule has 0 amide bonds. The second-order valence-corrected chi connectivity index (χ2v) is 14.2. The first-order chi connectivity index (χ1) is 12.4. The molecule has 2 atom stereocenters. The first-order valence-electron chi connectivity index (χ1n) is 10.1. The Morgan fingerprint density at radius 3 is 2.33 bits per heavy atom. The van der Waals surface area contributed by atoms with E-state index in [0.717, 1.165) is 30.6 Å². The van der Waals surface area contributed by atoms with Crippen molar-refractivity contribution in [2.75, 3.05) is 7.11 Å². The van der Waals surface area contributed by atoms with Crippen LogP contribution in [0.4, 0.5) is 0 Å². The summed E-state index contributed by atoms with van der Waals surface area (Å²) in [6.45, 7) is 17.6. The minimum Gasteiger partial charge on any atom is -0.541 e. The van der Waals surface area contributed by atoms with Crippen molar-refractivity contribution in [3.05, 3.63) is 35.4 Å². The molecule has 154 valence electrons. The maximum absolute atomic E-state index is 10.7. The first-order valence-corrected chi connectivity index (χ1v) is 13.0. The Hall–Kier alpha value is -1.26. The van der Waals surface area contributed by atoms with Crippen molar-refractivity contribution in [3.63, 3.8) is 0 Å². The lowest BCUT2D eigenvalue weighted by atomic mass is 9.94. The van der Waals surface area contributed by atoms with Crippen LogP contribution in [0.1, 0.15) is 72.5 Å². The summed E-state index contributed by atoms with van der Waals surface area (Å²) in [6.07, 6.45) is 4.69. The Kier molecular flexibility index (Phi) is 8.62. The Morgan fingerprint density at radius 2 is 1.81 bits per heavy atom. The standard InChI is InChI=1S/C23H40O3Si/c1-17(2)11-10-12-18(3)15-20(24)19-13-14-21(22(16-19)25-7)26-27(8,9)23(4,5)6/h11,13-14,16,18,20,24H,10,12,15H2,1-9H3. The van der Waals surface area contributed by atoms with Gasteiger partial charge in [0.25, 0.3) is 8.32 Å². The Balaban J connectivity index is 2.85. The van der Waals surface area contributed by atoms with E-state index in [2.05, 4.69) is 60.7 Å². The Labute approximate surface area is 167 Å². The van der Waals surface area contributed by atoms with Crippen LogP contribution < -0.4 is 9.16 Å². The third kappa shape index (κ3) is 7.34. The van der Waals surface area contributed by atoms with Gasteiger partial charge in [-0.2, -0.15) is 0 Å². The number of ether oxygens (including phenoxy) is 1. The van der Waals surface area contributed by atoms with E-state index in [-0.39, 0.29) is 5.04 Å². The molecule has 2 unspecified atom stereocenters. The van der Waals surface area contributed by atoms with E-state index in [0.29, 0.717) is 11.7 Å². The van der Waals surface area contributed by atoms with Crippen LogP contribution in [0.25, 0.3) is 0 Å². The van der Waals surface area contributed by atoms with Gasteiger partial charge in [-0.1, -0.05) is 45.4 Å². The largest absolute Gasteiger partial charge is 0.541 e. The predicted octanol–water partition coefficient (Wildman–Crippen LogP) is 6.89. The highest BCUT2D eigenvalue weighted by atomic mass is 28.4. The molecule has 27 heavy (non-hydrogen) atoms.